The zero-order valence-corrected chi connectivity index (χ0v) is 11.5. The molecule has 0 atom stereocenters. The van der Waals surface area contributed by atoms with Gasteiger partial charge in [-0.15, -0.1) is 0 Å². The van der Waals surface area contributed by atoms with Crippen LogP contribution in [0, 0.1) is 0 Å². The average molecular weight is 291 g/mol. The number of methoxy groups -OCH3 is 1. The van der Waals surface area contributed by atoms with Gasteiger partial charge < -0.3 is 9.64 Å². The molecule has 0 unspecified atom stereocenters. The Morgan fingerprint density at radius 1 is 1.44 bits per heavy atom. The summed E-state index contributed by atoms with van der Waals surface area (Å²) in [4.78, 5) is 28.1. The Morgan fingerprint density at radius 2 is 2.11 bits per heavy atom. The normalized spacial score (nSPS) is 10.0. The van der Waals surface area contributed by atoms with Crippen LogP contribution in [0.3, 0.4) is 0 Å². The van der Waals surface area contributed by atoms with E-state index in [0.717, 1.165) is 0 Å². The Labute approximate surface area is 115 Å². The summed E-state index contributed by atoms with van der Waals surface area (Å²) < 4.78 is 4.49. The second-order valence-corrected chi connectivity index (χ2v) is 4.31. The maximum absolute atomic E-state index is 11.9. The van der Waals surface area contributed by atoms with Gasteiger partial charge in [0.05, 0.1) is 24.1 Å². The predicted octanol–water partition coefficient (Wildman–Crippen LogP) is 2.02. The summed E-state index contributed by atoms with van der Waals surface area (Å²) in [6, 6.07) is 1.44. The van der Waals surface area contributed by atoms with E-state index in [9.17, 15) is 9.59 Å². The number of rotatable bonds is 4. The van der Waals surface area contributed by atoms with Crippen molar-refractivity contribution in [1.29, 1.82) is 0 Å². The van der Waals surface area contributed by atoms with Gasteiger partial charge in [-0.2, -0.15) is 0 Å². The Bertz CT molecular complexity index is 466. The largest absolute Gasteiger partial charge is 0.469 e. The van der Waals surface area contributed by atoms with Crippen LogP contribution in [-0.4, -0.2) is 42.5 Å². The summed E-state index contributed by atoms with van der Waals surface area (Å²) >= 11 is 11.4. The van der Waals surface area contributed by atoms with E-state index in [0.29, 0.717) is 5.56 Å². The van der Waals surface area contributed by atoms with Gasteiger partial charge in [0, 0.05) is 19.8 Å². The average Bonchev–Trinajstić information content (AvgIpc) is 2.37. The molecular formula is C11H12Cl2N2O3. The molecule has 1 aromatic heterocycles. The van der Waals surface area contributed by atoms with E-state index in [-0.39, 0.29) is 35.0 Å². The number of nitrogens with zero attached hydrogens (tertiary/aromatic N) is 2. The lowest BCUT2D eigenvalue weighted by Crippen LogP contribution is -2.29. The number of esters is 1. The van der Waals surface area contributed by atoms with E-state index in [2.05, 4.69) is 9.72 Å². The first kappa shape index (κ1) is 14.7. The third kappa shape index (κ3) is 3.85. The van der Waals surface area contributed by atoms with Crippen LogP contribution in [0.5, 0.6) is 0 Å². The number of halogens is 2. The zero-order valence-electron chi connectivity index (χ0n) is 9.94. The van der Waals surface area contributed by atoms with Crippen molar-refractivity contribution in [3.8, 4) is 0 Å². The van der Waals surface area contributed by atoms with Crippen molar-refractivity contribution in [2.75, 3.05) is 20.7 Å². The Morgan fingerprint density at radius 3 is 2.67 bits per heavy atom. The minimum atomic E-state index is -0.373. The maximum atomic E-state index is 11.9. The van der Waals surface area contributed by atoms with Crippen molar-refractivity contribution in [3.63, 3.8) is 0 Å². The van der Waals surface area contributed by atoms with Gasteiger partial charge in [0.2, 0.25) is 0 Å². The SMILES string of the molecule is COC(=O)CCN(C)C(=O)c1cnc(Cl)c(Cl)c1. The first-order chi connectivity index (χ1) is 8.45. The number of carbonyl (C=O) groups is 2. The van der Waals surface area contributed by atoms with Crippen molar-refractivity contribution in [2.45, 2.75) is 6.42 Å². The molecular weight excluding hydrogens is 279 g/mol. The van der Waals surface area contributed by atoms with Gasteiger partial charge in [0.15, 0.2) is 0 Å². The fraction of sp³-hybridized carbons (Fsp3) is 0.364. The van der Waals surface area contributed by atoms with Gasteiger partial charge in [-0.25, -0.2) is 4.98 Å². The van der Waals surface area contributed by atoms with E-state index < -0.39 is 0 Å². The predicted molar refractivity (Wildman–Crippen MR) is 67.9 cm³/mol. The lowest BCUT2D eigenvalue weighted by atomic mass is 10.2. The van der Waals surface area contributed by atoms with E-state index >= 15 is 0 Å². The second-order valence-electron chi connectivity index (χ2n) is 3.55. The van der Waals surface area contributed by atoms with Gasteiger partial charge in [0.25, 0.3) is 5.91 Å². The molecule has 1 rings (SSSR count). The molecule has 18 heavy (non-hydrogen) atoms. The van der Waals surface area contributed by atoms with Gasteiger partial charge in [0.1, 0.15) is 5.15 Å². The fourth-order valence-electron chi connectivity index (χ4n) is 1.22. The molecule has 5 nitrogen and oxygen atoms in total. The molecule has 0 bridgehead atoms. The van der Waals surface area contributed by atoms with Crippen LogP contribution >= 0.6 is 23.2 Å². The van der Waals surface area contributed by atoms with E-state index in [4.69, 9.17) is 23.2 Å². The summed E-state index contributed by atoms with van der Waals surface area (Å²) in [5, 5.41) is 0.356. The third-order valence-electron chi connectivity index (χ3n) is 2.27. The molecule has 0 radical (unpaired) electrons. The molecule has 0 saturated carbocycles. The standard InChI is InChI=1S/C11H12Cl2N2O3/c1-15(4-3-9(16)18-2)11(17)7-5-8(12)10(13)14-6-7/h5-6H,3-4H2,1-2H3. The lowest BCUT2D eigenvalue weighted by molar-refractivity contribution is -0.140. The first-order valence-corrected chi connectivity index (χ1v) is 5.84. The highest BCUT2D eigenvalue weighted by molar-refractivity contribution is 6.41. The first-order valence-electron chi connectivity index (χ1n) is 5.09. The molecule has 0 aromatic carbocycles. The molecule has 0 aliphatic rings. The minimum Gasteiger partial charge on any atom is -0.469 e. The van der Waals surface area contributed by atoms with Gasteiger partial charge in [-0.05, 0) is 6.07 Å². The quantitative estimate of drug-likeness (QED) is 0.629. The van der Waals surface area contributed by atoms with Crippen LogP contribution in [0.15, 0.2) is 12.3 Å². The molecule has 0 aliphatic carbocycles. The molecule has 7 heteroatoms. The number of hydrogen-bond acceptors (Lipinski definition) is 4. The summed E-state index contributed by atoms with van der Waals surface area (Å²) in [6.45, 7) is 0.256. The summed E-state index contributed by atoms with van der Waals surface area (Å²) in [5.74, 6) is -0.660. The summed E-state index contributed by atoms with van der Waals surface area (Å²) in [7, 11) is 2.88. The van der Waals surface area contributed by atoms with E-state index in [1.165, 1.54) is 24.3 Å². The molecule has 0 spiro atoms. The second kappa shape index (κ2) is 6.56. The number of amides is 1. The minimum absolute atomic E-state index is 0.132. The van der Waals surface area contributed by atoms with Crippen molar-refractivity contribution in [2.24, 2.45) is 0 Å². The van der Waals surface area contributed by atoms with Crippen LogP contribution in [0.2, 0.25) is 10.2 Å². The van der Waals surface area contributed by atoms with Crippen molar-refractivity contribution < 1.29 is 14.3 Å². The maximum Gasteiger partial charge on any atom is 0.307 e. The molecule has 1 aromatic rings. The zero-order chi connectivity index (χ0) is 13.7. The fourth-order valence-corrected chi connectivity index (χ4v) is 1.49. The van der Waals surface area contributed by atoms with E-state index in [1.54, 1.807) is 7.05 Å². The van der Waals surface area contributed by atoms with Crippen molar-refractivity contribution in [1.82, 2.24) is 9.88 Å². The highest BCUT2D eigenvalue weighted by Crippen LogP contribution is 2.20. The Hall–Kier alpha value is -1.33. The molecule has 98 valence electrons. The topological polar surface area (TPSA) is 59.5 Å². The number of aromatic nitrogens is 1. The van der Waals surface area contributed by atoms with Crippen molar-refractivity contribution >= 4 is 35.1 Å². The number of ether oxygens (including phenoxy) is 1. The highest BCUT2D eigenvalue weighted by Gasteiger charge is 2.14. The smallest absolute Gasteiger partial charge is 0.307 e. The number of carbonyl (C=O) groups excluding carboxylic acids is 2. The lowest BCUT2D eigenvalue weighted by Gasteiger charge is -2.16. The molecule has 0 N–H and O–H groups in total. The summed E-state index contributed by atoms with van der Waals surface area (Å²) in [6.07, 6.45) is 1.47. The van der Waals surface area contributed by atoms with Crippen LogP contribution in [0.4, 0.5) is 0 Å². The molecule has 0 fully saturated rings. The van der Waals surface area contributed by atoms with Gasteiger partial charge in [-0.1, -0.05) is 23.2 Å². The number of hydrogen-bond donors (Lipinski definition) is 0. The van der Waals surface area contributed by atoms with Crippen LogP contribution < -0.4 is 0 Å². The summed E-state index contributed by atoms with van der Waals surface area (Å²) in [5.41, 5.74) is 0.316. The van der Waals surface area contributed by atoms with Crippen LogP contribution in [0.1, 0.15) is 16.8 Å². The van der Waals surface area contributed by atoms with Crippen molar-refractivity contribution in [3.05, 3.63) is 28.0 Å². The molecule has 1 amide bonds. The van der Waals surface area contributed by atoms with Gasteiger partial charge >= 0.3 is 5.97 Å². The molecule has 0 saturated heterocycles. The highest BCUT2D eigenvalue weighted by atomic mass is 35.5. The molecule has 1 heterocycles. The number of pyridine rings is 1. The Kier molecular flexibility index (Phi) is 5.37. The van der Waals surface area contributed by atoms with E-state index in [1.807, 2.05) is 0 Å². The third-order valence-corrected chi connectivity index (χ3v) is 2.95. The monoisotopic (exact) mass is 290 g/mol. The van der Waals surface area contributed by atoms with Gasteiger partial charge in [-0.3, -0.25) is 9.59 Å². The Balaban J connectivity index is 2.68. The van der Waals surface area contributed by atoms with Crippen LogP contribution in [-0.2, 0) is 9.53 Å². The molecule has 0 aliphatic heterocycles. The van der Waals surface area contributed by atoms with Crippen LogP contribution in [0.25, 0.3) is 0 Å².